The summed E-state index contributed by atoms with van der Waals surface area (Å²) in [4.78, 5) is 24.7. The molecule has 3 aromatic carbocycles. The lowest BCUT2D eigenvalue weighted by atomic mass is 10.2. The van der Waals surface area contributed by atoms with E-state index < -0.39 is 12.1 Å². The van der Waals surface area contributed by atoms with E-state index in [0.717, 1.165) is 0 Å². The van der Waals surface area contributed by atoms with Gasteiger partial charge in [-0.25, -0.2) is 4.79 Å². The minimum Gasteiger partial charge on any atom is -0.495 e. The van der Waals surface area contributed by atoms with Crippen molar-refractivity contribution in [3.8, 4) is 11.5 Å². The van der Waals surface area contributed by atoms with Crippen LogP contribution in [-0.4, -0.2) is 25.1 Å². The van der Waals surface area contributed by atoms with Crippen LogP contribution in [0, 0.1) is 0 Å². The van der Waals surface area contributed by atoms with Crippen LogP contribution in [0.5, 0.6) is 11.5 Å². The summed E-state index contributed by atoms with van der Waals surface area (Å²) in [5, 5.41) is 3.68. The normalized spacial score (nSPS) is 11.4. The summed E-state index contributed by atoms with van der Waals surface area (Å²) < 4.78 is 16.0. The minimum atomic E-state index is -0.835. The molecule has 0 unspecified atom stereocenters. The fraction of sp³-hybridized carbons (Fsp3) is 0.167. The first-order valence-corrected chi connectivity index (χ1v) is 10.4. The SMILES string of the molecule is COc1ccc(NC(=O)c2ccc(O[C@H](C)C(=O)OCc3ccccc3Cl)cc2)cc1Cl. The van der Waals surface area contributed by atoms with E-state index in [2.05, 4.69) is 5.32 Å². The molecule has 6 nitrogen and oxygen atoms in total. The van der Waals surface area contributed by atoms with Crippen LogP contribution >= 0.6 is 23.2 Å². The van der Waals surface area contributed by atoms with Gasteiger partial charge < -0.3 is 19.5 Å². The molecule has 0 fully saturated rings. The molecule has 0 heterocycles. The van der Waals surface area contributed by atoms with Gasteiger partial charge in [0.1, 0.15) is 18.1 Å². The van der Waals surface area contributed by atoms with E-state index in [0.29, 0.717) is 38.4 Å². The highest BCUT2D eigenvalue weighted by atomic mass is 35.5. The number of nitrogens with one attached hydrogen (secondary N) is 1. The van der Waals surface area contributed by atoms with Gasteiger partial charge in [-0.2, -0.15) is 0 Å². The predicted molar refractivity (Wildman–Crippen MR) is 124 cm³/mol. The summed E-state index contributed by atoms with van der Waals surface area (Å²) in [5.74, 6) is 0.107. The summed E-state index contributed by atoms with van der Waals surface area (Å²) in [7, 11) is 1.52. The zero-order valence-corrected chi connectivity index (χ0v) is 18.9. The molecule has 0 spiro atoms. The molecule has 1 amide bonds. The van der Waals surface area contributed by atoms with Gasteiger partial charge in [0, 0.05) is 21.8 Å². The zero-order valence-electron chi connectivity index (χ0n) is 17.4. The van der Waals surface area contributed by atoms with Crippen LogP contribution < -0.4 is 14.8 Å². The Morgan fingerprint density at radius 2 is 1.69 bits per heavy atom. The van der Waals surface area contributed by atoms with Crippen molar-refractivity contribution in [1.29, 1.82) is 0 Å². The smallest absolute Gasteiger partial charge is 0.347 e. The number of esters is 1. The van der Waals surface area contributed by atoms with Crippen LogP contribution in [0.2, 0.25) is 10.0 Å². The van der Waals surface area contributed by atoms with Gasteiger partial charge in [0.2, 0.25) is 0 Å². The molecule has 0 aromatic heterocycles. The van der Waals surface area contributed by atoms with Crippen molar-refractivity contribution in [3.63, 3.8) is 0 Å². The Balaban J connectivity index is 1.54. The summed E-state index contributed by atoms with van der Waals surface area (Å²) in [6.07, 6.45) is -0.835. The second-order valence-corrected chi connectivity index (χ2v) is 7.60. The molecule has 0 radical (unpaired) electrons. The van der Waals surface area contributed by atoms with Crippen molar-refractivity contribution in [2.45, 2.75) is 19.6 Å². The average Bonchev–Trinajstić information content (AvgIpc) is 2.79. The van der Waals surface area contributed by atoms with Gasteiger partial charge in [-0.1, -0.05) is 41.4 Å². The highest BCUT2D eigenvalue weighted by Crippen LogP contribution is 2.27. The van der Waals surface area contributed by atoms with E-state index >= 15 is 0 Å². The van der Waals surface area contributed by atoms with E-state index in [4.69, 9.17) is 37.4 Å². The maximum atomic E-state index is 12.5. The van der Waals surface area contributed by atoms with Crippen LogP contribution in [0.15, 0.2) is 66.7 Å². The largest absolute Gasteiger partial charge is 0.495 e. The molecule has 0 aliphatic heterocycles. The molecule has 0 aliphatic rings. The van der Waals surface area contributed by atoms with Gasteiger partial charge in [-0.3, -0.25) is 4.79 Å². The van der Waals surface area contributed by atoms with Crippen LogP contribution in [-0.2, 0) is 16.1 Å². The molecule has 166 valence electrons. The Morgan fingerprint density at radius 3 is 2.34 bits per heavy atom. The van der Waals surface area contributed by atoms with Crippen LogP contribution in [0.25, 0.3) is 0 Å². The number of benzene rings is 3. The standard InChI is InChI=1S/C24H21Cl2NO5/c1-15(24(29)31-14-17-5-3-4-6-20(17)25)32-19-10-7-16(8-11-19)23(28)27-18-9-12-22(30-2)21(26)13-18/h3-13,15H,14H2,1-2H3,(H,27,28)/t15-/m1/s1. The van der Waals surface area contributed by atoms with Crippen LogP contribution in [0.4, 0.5) is 5.69 Å². The van der Waals surface area contributed by atoms with Gasteiger partial charge in [-0.05, 0) is 55.5 Å². The number of hydrogen-bond acceptors (Lipinski definition) is 5. The quantitative estimate of drug-likeness (QED) is 0.420. The summed E-state index contributed by atoms with van der Waals surface area (Å²) in [5.41, 5.74) is 1.66. The lowest BCUT2D eigenvalue weighted by Gasteiger charge is -2.15. The van der Waals surface area contributed by atoms with Crippen molar-refractivity contribution in [2.24, 2.45) is 0 Å². The number of hydrogen-bond donors (Lipinski definition) is 1. The maximum Gasteiger partial charge on any atom is 0.347 e. The number of carbonyl (C=O) groups is 2. The average molecular weight is 474 g/mol. The molecule has 1 atom stereocenters. The number of anilines is 1. The fourth-order valence-corrected chi connectivity index (χ4v) is 3.21. The molecule has 3 aromatic rings. The molecule has 3 rings (SSSR count). The topological polar surface area (TPSA) is 73.9 Å². The van der Waals surface area contributed by atoms with Gasteiger partial charge in [-0.15, -0.1) is 0 Å². The molecular weight excluding hydrogens is 453 g/mol. The van der Waals surface area contributed by atoms with Crippen molar-refractivity contribution in [3.05, 3.63) is 87.9 Å². The third-order valence-electron chi connectivity index (χ3n) is 4.50. The second kappa shape index (κ2) is 10.9. The van der Waals surface area contributed by atoms with E-state index in [1.54, 1.807) is 67.6 Å². The van der Waals surface area contributed by atoms with Crippen molar-refractivity contribution < 1.29 is 23.8 Å². The van der Waals surface area contributed by atoms with E-state index in [9.17, 15) is 9.59 Å². The first-order valence-electron chi connectivity index (χ1n) is 9.69. The molecule has 1 N–H and O–H groups in total. The molecule has 32 heavy (non-hydrogen) atoms. The Bertz CT molecular complexity index is 1100. The lowest BCUT2D eigenvalue weighted by molar-refractivity contribution is -0.152. The Kier molecular flexibility index (Phi) is 7.98. The monoisotopic (exact) mass is 473 g/mol. The summed E-state index contributed by atoms with van der Waals surface area (Å²) in [6, 6.07) is 18.5. The fourth-order valence-electron chi connectivity index (χ4n) is 2.77. The number of methoxy groups -OCH3 is 1. The molecule has 0 aliphatic carbocycles. The van der Waals surface area contributed by atoms with Gasteiger partial charge in [0.05, 0.1) is 12.1 Å². The highest BCUT2D eigenvalue weighted by Gasteiger charge is 2.17. The van der Waals surface area contributed by atoms with Gasteiger partial charge in [0.15, 0.2) is 6.10 Å². The number of ether oxygens (including phenoxy) is 3. The molecule has 0 saturated heterocycles. The molecule has 0 bridgehead atoms. The summed E-state index contributed by atoms with van der Waals surface area (Å²) >= 11 is 12.1. The van der Waals surface area contributed by atoms with Gasteiger partial charge in [0.25, 0.3) is 5.91 Å². The highest BCUT2D eigenvalue weighted by molar-refractivity contribution is 6.32. The zero-order chi connectivity index (χ0) is 23.1. The number of halogens is 2. The Hall–Kier alpha value is -3.22. The summed E-state index contributed by atoms with van der Waals surface area (Å²) in [6.45, 7) is 1.64. The number of carbonyl (C=O) groups excluding carboxylic acids is 2. The lowest BCUT2D eigenvalue weighted by Crippen LogP contribution is -2.26. The van der Waals surface area contributed by atoms with Crippen LogP contribution in [0.1, 0.15) is 22.8 Å². The first-order chi connectivity index (χ1) is 15.4. The van der Waals surface area contributed by atoms with Gasteiger partial charge >= 0.3 is 5.97 Å². The van der Waals surface area contributed by atoms with Crippen molar-refractivity contribution >= 4 is 40.8 Å². The van der Waals surface area contributed by atoms with Crippen LogP contribution in [0.3, 0.4) is 0 Å². The third-order valence-corrected chi connectivity index (χ3v) is 5.16. The van der Waals surface area contributed by atoms with E-state index in [1.165, 1.54) is 7.11 Å². The Labute approximate surface area is 196 Å². The van der Waals surface area contributed by atoms with E-state index in [-0.39, 0.29) is 12.5 Å². The molecule has 8 heteroatoms. The Morgan fingerprint density at radius 1 is 0.969 bits per heavy atom. The second-order valence-electron chi connectivity index (χ2n) is 6.79. The van der Waals surface area contributed by atoms with E-state index in [1.807, 2.05) is 6.07 Å². The first kappa shape index (κ1) is 23.4. The minimum absolute atomic E-state index is 0.0562. The molecule has 0 saturated carbocycles. The molecular formula is C24H21Cl2NO5. The van der Waals surface area contributed by atoms with Crippen molar-refractivity contribution in [1.82, 2.24) is 0 Å². The maximum absolute atomic E-state index is 12.5. The number of amides is 1. The number of rotatable bonds is 8. The van der Waals surface area contributed by atoms with Crippen molar-refractivity contribution in [2.75, 3.05) is 12.4 Å². The third kappa shape index (κ3) is 6.15. The predicted octanol–water partition coefficient (Wildman–Crippen LogP) is 5.77.